The van der Waals surface area contributed by atoms with E-state index in [2.05, 4.69) is 33.7 Å². The predicted molar refractivity (Wildman–Crippen MR) is 71.3 cm³/mol. The van der Waals surface area contributed by atoms with Crippen LogP contribution in [0.15, 0.2) is 23.7 Å². The van der Waals surface area contributed by atoms with Gasteiger partial charge in [0.15, 0.2) is 0 Å². The van der Waals surface area contributed by atoms with E-state index in [1.54, 1.807) is 11.3 Å². The number of rotatable bonds is 4. The summed E-state index contributed by atoms with van der Waals surface area (Å²) in [6.07, 6.45) is 2.74. The Morgan fingerprint density at radius 3 is 2.82 bits per heavy atom. The van der Waals surface area contributed by atoms with Gasteiger partial charge in [-0.2, -0.15) is 0 Å². The zero-order valence-corrected chi connectivity index (χ0v) is 11.2. The lowest BCUT2D eigenvalue weighted by Gasteiger charge is -2.16. The molecule has 1 atom stereocenters. The lowest BCUT2D eigenvalue weighted by molar-refractivity contribution is 0.570. The van der Waals surface area contributed by atoms with E-state index in [1.165, 1.54) is 5.56 Å². The Morgan fingerprint density at radius 1 is 1.41 bits per heavy atom. The number of thiazole rings is 1. The Bertz CT molecular complexity index is 493. The monoisotopic (exact) mass is 247 g/mol. The largest absolute Gasteiger partial charge is 0.311 e. The molecule has 90 valence electrons. The molecule has 0 amide bonds. The summed E-state index contributed by atoms with van der Waals surface area (Å²) in [6.45, 7) is 4.13. The van der Waals surface area contributed by atoms with Crippen LogP contribution >= 0.6 is 11.3 Å². The molecule has 0 saturated heterocycles. The molecule has 17 heavy (non-hydrogen) atoms. The summed E-state index contributed by atoms with van der Waals surface area (Å²) in [5, 5.41) is 6.57. The van der Waals surface area contributed by atoms with Crippen LogP contribution in [-0.2, 0) is 6.42 Å². The maximum Gasteiger partial charge on any atom is 0.0947 e. The van der Waals surface area contributed by atoms with Gasteiger partial charge < -0.3 is 5.32 Å². The number of likely N-dealkylation sites (N-methyl/N-ethyl adjacent to an activating group) is 1. The summed E-state index contributed by atoms with van der Waals surface area (Å²) in [5.74, 6) is 0. The van der Waals surface area contributed by atoms with E-state index in [-0.39, 0.29) is 6.04 Å². The van der Waals surface area contributed by atoms with E-state index >= 15 is 0 Å². The van der Waals surface area contributed by atoms with E-state index in [1.807, 2.05) is 26.2 Å². The van der Waals surface area contributed by atoms with Crippen molar-refractivity contribution in [2.24, 2.45) is 0 Å². The number of aryl methyl sites for hydroxylation is 2. The standard InChI is InChI=1S/C13H17N3S/c1-9-5-4-6-15-13(9)11(14-3)7-12-16-10(2)8-17-12/h4-6,8,11,14H,7H2,1-3H3. The van der Waals surface area contributed by atoms with Gasteiger partial charge in [-0.05, 0) is 32.5 Å². The van der Waals surface area contributed by atoms with E-state index in [0.29, 0.717) is 0 Å². The summed E-state index contributed by atoms with van der Waals surface area (Å²) in [5.41, 5.74) is 3.43. The highest BCUT2D eigenvalue weighted by Crippen LogP contribution is 2.21. The number of aromatic nitrogens is 2. The van der Waals surface area contributed by atoms with Crippen molar-refractivity contribution in [3.05, 3.63) is 45.7 Å². The van der Waals surface area contributed by atoms with Gasteiger partial charge in [0.25, 0.3) is 0 Å². The van der Waals surface area contributed by atoms with Crippen LogP contribution in [0.3, 0.4) is 0 Å². The number of nitrogens with zero attached hydrogens (tertiary/aromatic N) is 2. The average molecular weight is 247 g/mol. The fraction of sp³-hybridized carbons (Fsp3) is 0.385. The van der Waals surface area contributed by atoms with Crippen molar-refractivity contribution in [1.29, 1.82) is 0 Å². The van der Waals surface area contributed by atoms with Gasteiger partial charge in [0.05, 0.1) is 16.7 Å². The van der Waals surface area contributed by atoms with Crippen molar-refractivity contribution in [1.82, 2.24) is 15.3 Å². The number of pyridine rings is 1. The van der Waals surface area contributed by atoms with E-state index in [9.17, 15) is 0 Å². The first-order valence-corrected chi connectivity index (χ1v) is 6.58. The fourth-order valence-corrected chi connectivity index (χ4v) is 2.69. The van der Waals surface area contributed by atoms with Gasteiger partial charge in [0, 0.05) is 23.7 Å². The van der Waals surface area contributed by atoms with Crippen molar-refractivity contribution < 1.29 is 0 Å². The summed E-state index contributed by atoms with van der Waals surface area (Å²) < 4.78 is 0. The summed E-state index contributed by atoms with van der Waals surface area (Å²) >= 11 is 1.71. The molecule has 2 aromatic rings. The van der Waals surface area contributed by atoms with Crippen LogP contribution in [-0.4, -0.2) is 17.0 Å². The zero-order valence-electron chi connectivity index (χ0n) is 10.4. The molecule has 0 aromatic carbocycles. The van der Waals surface area contributed by atoms with Crippen molar-refractivity contribution in [3.8, 4) is 0 Å². The molecule has 0 radical (unpaired) electrons. The molecular weight excluding hydrogens is 230 g/mol. The SMILES string of the molecule is CNC(Cc1nc(C)cs1)c1ncccc1C. The van der Waals surface area contributed by atoms with Crippen LogP contribution < -0.4 is 5.32 Å². The van der Waals surface area contributed by atoms with Crippen LogP contribution in [0.25, 0.3) is 0 Å². The smallest absolute Gasteiger partial charge is 0.0947 e. The van der Waals surface area contributed by atoms with Crippen LogP contribution in [0, 0.1) is 13.8 Å². The molecule has 2 heterocycles. The van der Waals surface area contributed by atoms with Crippen LogP contribution in [0.2, 0.25) is 0 Å². The Balaban J connectivity index is 2.20. The first kappa shape index (κ1) is 12.2. The van der Waals surface area contributed by atoms with Gasteiger partial charge in [0.1, 0.15) is 0 Å². The molecule has 0 aliphatic heterocycles. The number of nitrogens with one attached hydrogen (secondary N) is 1. The molecule has 2 aromatic heterocycles. The first-order chi connectivity index (χ1) is 8.20. The van der Waals surface area contributed by atoms with Gasteiger partial charge in [-0.1, -0.05) is 6.07 Å². The Labute approximate surface area is 106 Å². The number of hydrogen-bond acceptors (Lipinski definition) is 4. The first-order valence-electron chi connectivity index (χ1n) is 5.70. The molecule has 1 unspecified atom stereocenters. The lowest BCUT2D eigenvalue weighted by atomic mass is 10.1. The predicted octanol–water partition coefficient (Wildman–Crippen LogP) is 2.66. The second-order valence-corrected chi connectivity index (χ2v) is 5.08. The normalized spacial score (nSPS) is 12.6. The highest BCUT2D eigenvalue weighted by Gasteiger charge is 2.15. The van der Waals surface area contributed by atoms with Gasteiger partial charge in [-0.25, -0.2) is 4.98 Å². The molecule has 3 nitrogen and oxygen atoms in total. The average Bonchev–Trinajstić information content (AvgIpc) is 2.73. The maximum atomic E-state index is 4.50. The topological polar surface area (TPSA) is 37.8 Å². The van der Waals surface area contributed by atoms with Gasteiger partial charge in [0.2, 0.25) is 0 Å². The number of hydrogen-bond donors (Lipinski definition) is 1. The van der Waals surface area contributed by atoms with E-state index in [0.717, 1.165) is 22.8 Å². The Kier molecular flexibility index (Phi) is 3.86. The van der Waals surface area contributed by atoms with Crippen molar-refractivity contribution >= 4 is 11.3 Å². The van der Waals surface area contributed by atoms with Crippen LogP contribution in [0.4, 0.5) is 0 Å². The van der Waals surface area contributed by atoms with Gasteiger partial charge in [-0.15, -0.1) is 11.3 Å². The van der Waals surface area contributed by atoms with Crippen molar-refractivity contribution in [2.75, 3.05) is 7.05 Å². The van der Waals surface area contributed by atoms with Gasteiger partial charge >= 0.3 is 0 Å². The Hall–Kier alpha value is -1.26. The summed E-state index contributed by atoms with van der Waals surface area (Å²) in [7, 11) is 1.97. The molecule has 4 heteroatoms. The quantitative estimate of drug-likeness (QED) is 0.902. The molecule has 1 N–H and O–H groups in total. The van der Waals surface area contributed by atoms with Crippen LogP contribution in [0.1, 0.15) is 28.0 Å². The second-order valence-electron chi connectivity index (χ2n) is 4.13. The molecular formula is C13H17N3S. The molecule has 0 saturated carbocycles. The minimum Gasteiger partial charge on any atom is -0.311 e. The lowest BCUT2D eigenvalue weighted by Crippen LogP contribution is -2.21. The second kappa shape index (κ2) is 5.38. The highest BCUT2D eigenvalue weighted by atomic mass is 32.1. The van der Waals surface area contributed by atoms with Crippen LogP contribution in [0.5, 0.6) is 0 Å². The summed E-state index contributed by atoms with van der Waals surface area (Å²) in [6, 6.07) is 4.31. The molecule has 2 rings (SSSR count). The van der Waals surface area contributed by atoms with Crippen molar-refractivity contribution in [2.45, 2.75) is 26.3 Å². The molecule has 0 aliphatic rings. The zero-order chi connectivity index (χ0) is 12.3. The minimum absolute atomic E-state index is 0.238. The molecule has 0 spiro atoms. The fourth-order valence-electron chi connectivity index (χ4n) is 1.87. The maximum absolute atomic E-state index is 4.50. The third-order valence-electron chi connectivity index (χ3n) is 2.77. The van der Waals surface area contributed by atoms with E-state index < -0.39 is 0 Å². The highest BCUT2D eigenvalue weighted by molar-refractivity contribution is 7.09. The third-order valence-corrected chi connectivity index (χ3v) is 3.76. The minimum atomic E-state index is 0.238. The molecule has 0 fully saturated rings. The van der Waals surface area contributed by atoms with E-state index in [4.69, 9.17) is 0 Å². The molecule has 0 bridgehead atoms. The summed E-state index contributed by atoms with van der Waals surface area (Å²) in [4.78, 5) is 8.97. The van der Waals surface area contributed by atoms with Crippen molar-refractivity contribution in [3.63, 3.8) is 0 Å². The third kappa shape index (κ3) is 2.90. The molecule has 0 aliphatic carbocycles. The van der Waals surface area contributed by atoms with Gasteiger partial charge in [-0.3, -0.25) is 4.98 Å². The Morgan fingerprint density at radius 2 is 2.24 bits per heavy atom.